The summed E-state index contributed by atoms with van der Waals surface area (Å²) in [5.41, 5.74) is 1.38. The lowest BCUT2D eigenvalue weighted by Gasteiger charge is -2.33. The maximum atomic E-state index is 11.2. The molecule has 1 fully saturated rings. The van der Waals surface area contributed by atoms with Crippen LogP contribution in [0.5, 0.6) is 0 Å². The van der Waals surface area contributed by atoms with Crippen LogP contribution in [0.3, 0.4) is 0 Å². The first-order valence-corrected chi connectivity index (χ1v) is 7.59. The van der Waals surface area contributed by atoms with Crippen molar-refractivity contribution < 1.29 is 9.90 Å². The number of hydrogen-bond donors (Lipinski definition) is 1. The number of benzene rings is 1. The Morgan fingerprint density at radius 1 is 1.25 bits per heavy atom. The Morgan fingerprint density at radius 3 is 2.55 bits per heavy atom. The summed E-state index contributed by atoms with van der Waals surface area (Å²) in [5.74, 6) is 0.0436. The summed E-state index contributed by atoms with van der Waals surface area (Å²) >= 11 is 0. The number of carboxylic acid groups (broad SMARTS) is 1. The molecule has 0 aromatic heterocycles. The maximum absolute atomic E-state index is 11.2. The van der Waals surface area contributed by atoms with Crippen molar-refractivity contribution >= 4 is 5.97 Å². The molecule has 1 N–H and O–H groups in total. The first-order valence-electron chi connectivity index (χ1n) is 7.59. The summed E-state index contributed by atoms with van der Waals surface area (Å²) < 4.78 is 0. The zero-order valence-electron chi connectivity index (χ0n) is 12.5. The van der Waals surface area contributed by atoms with Gasteiger partial charge in [-0.05, 0) is 56.7 Å². The van der Waals surface area contributed by atoms with E-state index in [1.807, 2.05) is 12.1 Å². The van der Waals surface area contributed by atoms with Gasteiger partial charge in [0.25, 0.3) is 0 Å². The highest BCUT2D eigenvalue weighted by Gasteiger charge is 2.21. The van der Waals surface area contributed by atoms with E-state index in [0.717, 1.165) is 24.4 Å². The van der Waals surface area contributed by atoms with Gasteiger partial charge in [0.2, 0.25) is 0 Å². The molecule has 1 aliphatic rings. The summed E-state index contributed by atoms with van der Waals surface area (Å²) in [4.78, 5) is 13.6. The summed E-state index contributed by atoms with van der Waals surface area (Å²) in [6.07, 6.45) is 6.00. The van der Waals surface area contributed by atoms with Crippen molar-refractivity contribution in [1.82, 2.24) is 4.90 Å². The molecule has 1 aromatic rings. The number of rotatable bonds is 5. The standard InChI is InChI=1S/C17H25NO2/c1-13-7-9-15(10-8-13)18(2)12-11-14-5-3-4-6-16(14)17(19)20/h3-6,13,15H,7-12H2,1-2H3,(H,19,20). The molecule has 3 heteroatoms. The highest BCUT2D eigenvalue weighted by Crippen LogP contribution is 2.26. The van der Waals surface area contributed by atoms with E-state index >= 15 is 0 Å². The largest absolute Gasteiger partial charge is 0.478 e. The molecule has 1 aliphatic carbocycles. The quantitative estimate of drug-likeness (QED) is 0.895. The Labute approximate surface area is 121 Å². The van der Waals surface area contributed by atoms with Gasteiger partial charge >= 0.3 is 5.97 Å². The van der Waals surface area contributed by atoms with Crippen LogP contribution in [0.4, 0.5) is 0 Å². The lowest BCUT2D eigenvalue weighted by atomic mass is 9.86. The van der Waals surface area contributed by atoms with Crippen molar-refractivity contribution in [3.63, 3.8) is 0 Å². The first-order chi connectivity index (χ1) is 9.58. The molecule has 0 radical (unpaired) electrons. The van der Waals surface area contributed by atoms with Gasteiger partial charge in [0.05, 0.1) is 5.56 Å². The molecule has 0 amide bonds. The van der Waals surface area contributed by atoms with E-state index in [1.54, 1.807) is 12.1 Å². The van der Waals surface area contributed by atoms with E-state index in [2.05, 4.69) is 18.9 Å². The summed E-state index contributed by atoms with van der Waals surface area (Å²) in [6.45, 7) is 3.27. The zero-order chi connectivity index (χ0) is 14.5. The van der Waals surface area contributed by atoms with Gasteiger partial charge in [-0.25, -0.2) is 4.79 Å². The van der Waals surface area contributed by atoms with E-state index in [0.29, 0.717) is 11.6 Å². The Kier molecular flexibility index (Phi) is 5.18. The second kappa shape index (κ2) is 6.89. The van der Waals surface area contributed by atoms with Gasteiger partial charge < -0.3 is 10.0 Å². The van der Waals surface area contributed by atoms with Gasteiger partial charge in [0, 0.05) is 12.6 Å². The lowest BCUT2D eigenvalue weighted by molar-refractivity contribution is 0.0695. The first kappa shape index (κ1) is 15.0. The molecular weight excluding hydrogens is 250 g/mol. The third-order valence-corrected chi connectivity index (χ3v) is 4.59. The Morgan fingerprint density at radius 2 is 1.90 bits per heavy atom. The van der Waals surface area contributed by atoms with Crippen molar-refractivity contribution in [2.75, 3.05) is 13.6 Å². The summed E-state index contributed by atoms with van der Waals surface area (Å²) in [6, 6.07) is 8.01. The van der Waals surface area contributed by atoms with Crippen molar-refractivity contribution in [2.24, 2.45) is 5.92 Å². The van der Waals surface area contributed by atoms with Crippen LogP contribution in [0.2, 0.25) is 0 Å². The van der Waals surface area contributed by atoms with Crippen LogP contribution in [0.25, 0.3) is 0 Å². The second-order valence-corrected chi connectivity index (χ2v) is 6.11. The normalized spacial score (nSPS) is 22.9. The Bertz CT molecular complexity index is 450. The lowest BCUT2D eigenvalue weighted by Crippen LogP contribution is -2.36. The highest BCUT2D eigenvalue weighted by molar-refractivity contribution is 5.89. The summed E-state index contributed by atoms with van der Waals surface area (Å²) in [5, 5.41) is 9.20. The average Bonchev–Trinajstić information content (AvgIpc) is 2.45. The molecular formula is C17H25NO2. The molecule has 3 nitrogen and oxygen atoms in total. The minimum atomic E-state index is -0.824. The van der Waals surface area contributed by atoms with Gasteiger partial charge in [-0.2, -0.15) is 0 Å². The summed E-state index contributed by atoms with van der Waals surface area (Å²) in [7, 11) is 2.17. The van der Waals surface area contributed by atoms with Crippen LogP contribution >= 0.6 is 0 Å². The number of carbonyl (C=O) groups is 1. The number of hydrogen-bond acceptors (Lipinski definition) is 2. The fourth-order valence-corrected chi connectivity index (χ4v) is 3.11. The SMILES string of the molecule is CC1CCC(N(C)CCc2ccccc2C(=O)O)CC1. The molecule has 0 unspecified atom stereocenters. The van der Waals surface area contributed by atoms with E-state index in [4.69, 9.17) is 0 Å². The van der Waals surface area contributed by atoms with Crippen LogP contribution in [0, 0.1) is 5.92 Å². The third kappa shape index (κ3) is 3.83. The van der Waals surface area contributed by atoms with Gasteiger partial charge in [-0.15, -0.1) is 0 Å². The van der Waals surface area contributed by atoms with Crippen LogP contribution in [0.15, 0.2) is 24.3 Å². The van der Waals surface area contributed by atoms with E-state index in [9.17, 15) is 9.90 Å². The molecule has 20 heavy (non-hydrogen) atoms. The van der Waals surface area contributed by atoms with Crippen molar-refractivity contribution in [2.45, 2.75) is 45.1 Å². The molecule has 1 aromatic carbocycles. The third-order valence-electron chi connectivity index (χ3n) is 4.59. The number of aromatic carboxylic acids is 1. The van der Waals surface area contributed by atoms with E-state index in [-0.39, 0.29) is 0 Å². The fraction of sp³-hybridized carbons (Fsp3) is 0.588. The molecule has 1 saturated carbocycles. The maximum Gasteiger partial charge on any atom is 0.335 e. The van der Waals surface area contributed by atoms with Gasteiger partial charge in [-0.3, -0.25) is 0 Å². The minimum absolute atomic E-state index is 0.443. The molecule has 0 atom stereocenters. The molecule has 0 aliphatic heterocycles. The van der Waals surface area contributed by atoms with Crippen LogP contribution in [-0.2, 0) is 6.42 Å². The molecule has 0 heterocycles. The fourth-order valence-electron chi connectivity index (χ4n) is 3.11. The molecule has 0 saturated heterocycles. The van der Waals surface area contributed by atoms with Crippen molar-refractivity contribution in [3.8, 4) is 0 Å². The van der Waals surface area contributed by atoms with Crippen LogP contribution < -0.4 is 0 Å². The zero-order valence-corrected chi connectivity index (χ0v) is 12.5. The smallest absolute Gasteiger partial charge is 0.335 e. The predicted molar refractivity (Wildman–Crippen MR) is 81.2 cm³/mol. The van der Waals surface area contributed by atoms with Gasteiger partial charge in [-0.1, -0.05) is 25.1 Å². The van der Waals surface area contributed by atoms with Crippen molar-refractivity contribution in [3.05, 3.63) is 35.4 Å². The molecule has 110 valence electrons. The predicted octanol–water partition coefficient (Wildman–Crippen LogP) is 3.44. The Hall–Kier alpha value is -1.35. The number of likely N-dealkylation sites (N-methyl/N-ethyl adjacent to an activating group) is 1. The number of carboxylic acids is 1. The van der Waals surface area contributed by atoms with Crippen LogP contribution in [0.1, 0.15) is 48.5 Å². The molecule has 2 rings (SSSR count). The number of nitrogens with zero attached hydrogens (tertiary/aromatic N) is 1. The van der Waals surface area contributed by atoms with Crippen molar-refractivity contribution in [1.29, 1.82) is 0 Å². The average molecular weight is 275 g/mol. The van der Waals surface area contributed by atoms with Gasteiger partial charge in [0.15, 0.2) is 0 Å². The molecule has 0 bridgehead atoms. The highest BCUT2D eigenvalue weighted by atomic mass is 16.4. The van der Waals surface area contributed by atoms with Gasteiger partial charge in [0.1, 0.15) is 0 Å². The minimum Gasteiger partial charge on any atom is -0.478 e. The monoisotopic (exact) mass is 275 g/mol. The van der Waals surface area contributed by atoms with E-state index in [1.165, 1.54) is 25.7 Å². The Balaban J connectivity index is 1.90. The second-order valence-electron chi connectivity index (χ2n) is 6.11. The van der Waals surface area contributed by atoms with E-state index < -0.39 is 5.97 Å². The topological polar surface area (TPSA) is 40.5 Å². The molecule has 0 spiro atoms. The van der Waals surface area contributed by atoms with Crippen LogP contribution in [-0.4, -0.2) is 35.6 Å².